The van der Waals surface area contributed by atoms with E-state index in [1.165, 1.54) is 11.2 Å². The van der Waals surface area contributed by atoms with Crippen LogP contribution in [-0.4, -0.2) is 57.8 Å². The van der Waals surface area contributed by atoms with Crippen molar-refractivity contribution in [2.24, 2.45) is 0 Å². The molecule has 0 radical (unpaired) electrons. The van der Waals surface area contributed by atoms with Crippen LogP contribution in [0, 0.1) is 0 Å². The number of nitrogens with one attached hydrogen (secondary N) is 1. The van der Waals surface area contributed by atoms with Gasteiger partial charge in [-0.15, -0.1) is 5.10 Å². The van der Waals surface area contributed by atoms with E-state index in [1.807, 2.05) is 24.0 Å². The molecule has 0 spiro atoms. The fraction of sp³-hybridized carbons (Fsp3) is 0.556. The van der Waals surface area contributed by atoms with E-state index in [1.54, 1.807) is 7.11 Å². The Hall–Kier alpha value is -2.36. The van der Waals surface area contributed by atoms with Crippen LogP contribution in [0.1, 0.15) is 31.7 Å². The molecule has 1 aromatic heterocycles. The monoisotopic (exact) mass is 452 g/mol. The predicted octanol–water partition coefficient (Wildman–Crippen LogP) is 2.47. The Morgan fingerprint density at radius 3 is 2.75 bits per heavy atom. The number of carbonyl (C=O) groups is 1. The minimum atomic E-state index is -0.00337. The van der Waals surface area contributed by atoms with Crippen LogP contribution in [0.2, 0.25) is 0 Å². The lowest BCUT2D eigenvalue weighted by Crippen LogP contribution is -2.38. The molecule has 1 aliphatic heterocycles. The lowest BCUT2D eigenvalue weighted by molar-refractivity contribution is -0.134. The fourth-order valence-electron chi connectivity index (χ4n) is 3.01. The molecule has 1 aliphatic rings. The van der Waals surface area contributed by atoms with Gasteiger partial charge in [-0.25, -0.2) is 0 Å². The molecule has 1 aromatic carbocycles. The SMILES string of the molecule is CCn1nnc(NCc2cc(Br)c(OCC(=O)N3CCCCC3)c(OC)c2)n1. The van der Waals surface area contributed by atoms with Crippen LogP contribution < -0.4 is 14.8 Å². The van der Waals surface area contributed by atoms with Crippen molar-refractivity contribution in [3.63, 3.8) is 0 Å². The maximum atomic E-state index is 12.3. The number of carbonyl (C=O) groups excluding carboxylic acids is 1. The molecular weight excluding hydrogens is 428 g/mol. The molecule has 1 N–H and O–H groups in total. The number of rotatable bonds is 8. The molecule has 0 unspecified atom stereocenters. The van der Waals surface area contributed by atoms with Gasteiger partial charge in [0.15, 0.2) is 18.1 Å². The Balaban J connectivity index is 1.62. The van der Waals surface area contributed by atoms with Crippen LogP contribution in [0.25, 0.3) is 0 Å². The standard InChI is InChI=1S/C18H25BrN6O3/c1-3-25-22-18(21-23-25)20-11-13-9-14(19)17(15(10-13)27-2)28-12-16(26)24-7-5-4-6-8-24/h9-10H,3-8,11-12H2,1-2H3,(H,20,22). The summed E-state index contributed by atoms with van der Waals surface area (Å²) >= 11 is 3.52. The summed E-state index contributed by atoms with van der Waals surface area (Å²) in [6.45, 7) is 4.72. The molecule has 3 rings (SSSR count). The second kappa shape index (κ2) is 9.72. The lowest BCUT2D eigenvalue weighted by Gasteiger charge is -2.26. The molecule has 1 saturated heterocycles. The third-order valence-corrected chi connectivity index (χ3v) is 5.11. The van der Waals surface area contributed by atoms with Crippen LogP contribution in [0.4, 0.5) is 5.95 Å². The van der Waals surface area contributed by atoms with Crippen molar-refractivity contribution in [3.8, 4) is 11.5 Å². The maximum absolute atomic E-state index is 12.3. The van der Waals surface area contributed by atoms with Gasteiger partial charge in [0.1, 0.15) is 0 Å². The van der Waals surface area contributed by atoms with E-state index >= 15 is 0 Å². The van der Waals surface area contributed by atoms with E-state index in [4.69, 9.17) is 9.47 Å². The average Bonchev–Trinajstić information content (AvgIpc) is 3.19. The predicted molar refractivity (Wildman–Crippen MR) is 107 cm³/mol. The number of aryl methyl sites for hydroxylation is 1. The van der Waals surface area contributed by atoms with Crippen molar-refractivity contribution < 1.29 is 14.3 Å². The van der Waals surface area contributed by atoms with Crippen molar-refractivity contribution in [1.82, 2.24) is 25.1 Å². The minimum Gasteiger partial charge on any atom is -0.493 e. The Labute approximate surface area is 172 Å². The molecule has 1 fully saturated rings. The number of likely N-dealkylation sites (tertiary alicyclic amines) is 1. The van der Waals surface area contributed by atoms with Gasteiger partial charge in [-0.2, -0.15) is 4.80 Å². The largest absolute Gasteiger partial charge is 0.493 e. The van der Waals surface area contributed by atoms with Crippen LogP contribution in [0.5, 0.6) is 11.5 Å². The Kier molecular flexibility index (Phi) is 7.07. The summed E-state index contributed by atoms with van der Waals surface area (Å²) < 4.78 is 12.0. The topological polar surface area (TPSA) is 94.4 Å². The first-order chi connectivity index (χ1) is 13.6. The Bertz CT molecular complexity index is 807. The first-order valence-electron chi connectivity index (χ1n) is 9.39. The highest BCUT2D eigenvalue weighted by molar-refractivity contribution is 9.10. The number of anilines is 1. The number of hydrogen-bond acceptors (Lipinski definition) is 7. The molecule has 28 heavy (non-hydrogen) atoms. The zero-order valence-electron chi connectivity index (χ0n) is 16.2. The first kappa shape index (κ1) is 20.4. The first-order valence-corrected chi connectivity index (χ1v) is 10.2. The second-order valence-electron chi connectivity index (χ2n) is 6.49. The molecule has 1 amide bonds. The van der Waals surface area contributed by atoms with Crippen LogP contribution >= 0.6 is 15.9 Å². The number of amides is 1. The highest BCUT2D eigenvalue weighted by Crippen LogP contribution is 2.37. The molecule has 0 atom stereocenters. The number of methoxy groups -OCH3 is 1. The molecule has 9 nitrogen and oxygen atoms in total. The summed E-state index contributed by atoms with van der Waals surface area (Å²) in [6, 6.07) is 3.78. The molecule has 0 bridgehead atoms. The number of aromatic nitrogens is 4. The van der Waals surface area contributed by atoms with Gasteiger partial charge in [-0.3, -0.25) is 4.79 Å². The zero-order valence-corrected chi connectivity index (χ0v) is 17.7. The van der Waals surface area contributed by atoms with E-state index in [0.29, 0.717) is 30.5 Å². The van der Waals surface area contributed by atoms with Gasteiger partial charge < -0.3 is 19.7 Å². The van der Waals surface area contributed by atoms with E-state index in [2.05, 4.69) is 36.7 Å². The summed E-state index contributed by atoms with van der Waals surface area (Å²) in [5.74, 6) is 1.54. The van der Waals surface area contributed by atoms with Crippen LogP contribution in [0.15, 0.2) is 16.6 Å². The van der Waals surface area contributed by atoms with E-state index in [9.17, 15) is 4.79 Å². The Morgan fingerprint density at radius 1 is 1.29 bits per heavy atom. The molecular formula is C18H25BrN6O3. The average molecular weight is 453 g/mol. The van der Waals surface area contributed by atoms with E-state index < -0.39 is 0 Å². The lowest BCUT2D eigenvalue weighted by atomic mass is 10.1. The number of tetrazole rings is 1. The van der Waals surface area contributed by atoms with Gasteiger partial charge in [-0.05, 0) is 65.0 Å². The summed E-state index contributed by atoms with van der Waals surface area (Å²) in [4.78, 5) is 15.7. The number of halogens is 1. The maximum Gasteiger partial charge on any atom is 0.263 e. The summed E-state index contributed by atoms with van der Waals surface area (Å²) in [5.41, 5.74) is 0.950. The zero-order chi connectivity index (χ0) is 19.9. The van der Waals surface area contributed by atoms with Crippen LogP contribution in [0.3, 0.4) is 0 Å². The van der Waals surface area contributed by atoms with Gasteiger partial charge in [0, 0.05) is 19.6 Å². The number of hydrogen-bond donors (Lipinski definition) is 1. The van der Waals surface area contributed by atoms with Crippen molar-refractivity contribution in [3.05, 3.63) is 22.2 Å². The molecule has 2 heterocycles. The van der Waals surface area contributed by atoms with Gasteiger partial charge in [0.05, 0.1) is 18.1 Å². The fourth-order valence-corrected chi connectivity index (χ4v) is 3.62. The highest BCUT2D eigenvalue weighted by atomic mass is 79.9. The molecule has 152 valence electrons. The highest BCUT2D eigenvalue weighted by Gasteiger charge is 2.19. The van der Waals surface area contributed by atoms with E-state index in [0.717, 1.165) is 36.0 Å². The number of piperidine rings is 1. The third-order valence-electron chi connectivity index (χ3n) is 4.52. The third kappa shape index (κ3) is 5.12. The Morgan fingerprint density at radius 2 is 2.07 bits per heavy atom. The molecule has 0 saturated carbocycles. The molecule has 2 aromatic rings. The summed E-state index contributed by atoms with van der Waals surface area (Å²) in [5, 5.41) is 15.2. The smallest absolute Gasteiger partial charge is 0.263 e. The summed E-state index contributed by atoms with van der Waals surface area (Å²) in [7, 11) is 1.58. The minimum absolute atomic E-state index is 0.00337. The molecule has 0 aliphatic carbocycles. The second-order valence-corrected chi connectivity index (χ2v) is 7.35. The van der Waals surface area contributed by atoms with Gasteiger partial charge in [-0.1, -0.05) is 5.10 Å². The summed E-state index contributed by atoms with van der Waals surface area (Å²) in [6.07, 6.45) is 3.30. The molecule has 10 heteroatoms. The van der Waals surface area contributed by atoms with Crippen molar-refractivity contribution in [2.75, 3.05) is 32.1 Å². The normalized spacial score (nSPS) is 14.0. The van der Waals surface area contributed by atoms with E-state index in [-0.39, 0.29) is 12.5 Å². The number of nitrogens with zero attached hydrogens (tertiary/aromatic N) is 5. The quantitative estimate of drug-likeness (QED) is 0.656. The number of ether oxygens (including phenoxy) is 2. The van der Waals surface area contributed by atoms with Crippen LogP contribution in [-0.2, 0) is 17.9 Å². The van der Waals surface area contributed by atoms with Crippen molar-refractivity contribution in [2.45, 2.75) is 39.3 Å². The number of benzene rings is 1. The van der Waals surface area contributed by atoms with Gasteiger partial charge >= 0.3 is 0 Å². The van der Waals surface area contributed by atoms with Gasteiger partial charge in [0.25, 0.3) is 11.9 Å². The van der Waals surface area contributed by atoms with Crippen molar-refractivity contribution in [1.29, 1.82) is 0 Å². The van der Waals surface area contributed by atoms with Crippen molar-refractivity contribution >= 4 is 27.8 Å². The van der Waals surface area contributed by atoms with Gasteiger partial charge in [0.2, 0.25) is 0 Å².